The average molecular weight is 407 g/mol. The minimum absolute atomic E-state index is 0.176. The third kappa shape index (κ3) is 4.15. The molecule has 4 atom stereocenters. The summed E-state index contributed by atoms with van der Waals surface area (Å²) >= 11 is 0. The molecule has 0 aliphatic carbocycles. The zero-order valence-electron chi connectivity index (χ0n) is 16.7. The van der Waals surface area contributed by atoms with Crippen LogP contribution in [-0.2, 0) is 23.8 Å². The number of aromatic nitrogens is 4. The van der Waals surface area contributed by atoms with Crippen molar-refractivity contribution >= 4 is 28.9 Å². The van der Waals surface area contributed by atoms with Crippen LogP contribution in [-0.4, -0.2) is 61.5 Å². The smallest absolute Gasteiger partial charge is 0.308 e. The Hall–Kier alpha value is -2.79. The molecule has 1 saturated heterocycles. The number of ether oxygens (including phenoxy) is 3. The van der Waals surface area contributed by atoms with Crippen LogP contribution in [0.1, 0.15) is 33.9 Å². The van der Waals surface area contributed by atoms with E-state index in [1.54, 1.807) is 27.7 Å². The summed E-state index contributed by atoms with van der Waals surface area (Å²) in [7, 11) is 0. The van der Waals surface area contributed by atoms with Gasteiger partial charge in [-0.05, 0) is 0 Å². The first-order chi connectivity index (χ1) is 13.7. The first-order valence-corrected chi connectivity index (χ1v) is 9.34. The van der Waals surface area contributed by atoms with E-state index in [4.69, 9.17) is 19.9 Å². The third-order valence-electron chi connectivity index (χ3n) is 4.56. The van der Waals surface area contributed by atoms with E-state index >= 15 is 0 Å². The van der Waals surface area contributed by atoms with Crippen molar-refractivity contribution in [3.05, 3.63) is 12.7 Å². The molecule has 1 fully saturated rings. The summed E-state index contributed by atoms with van der Waals surface area (Å²) in [5.41, 5.74) is 6.52. The summed E-state index contributed by atoms with van der Waals surface area (Å²) in [5.74, 6) is -1.46. The van der Waals surface area contributed by atoms with Gasteiger partial charge in [0, 0.05) is 0 Å². The summed E-state index contributed by atoms with van der Waals surface area (Å²) in [6, 6.07) is 0. The van der Waals surface area contributed by atoms with Crippen molar-refractivity contribution in [3.63, 3.8) is 0 Å². The van der Waals surface area contributed by atoms with Crippen LogP contribution < -0.4 is 5.73 Å². The van der Waals surface area contributed by atoms with Crippen molar-refractivity contribution in [2.45, 2.75) is 52.2 Å². The van der Waals surface area contributed by atoms with Crippen molar-refractivity contribution in [2.24, 2.45) is 11.8 Å². The molecule has 158 valence electrons. The maximum Gasteiger partial charge on any atom is 0.308 e. The summed E-state index contributed by atoms with van der Waals surface area (Å²) in [6.45, 7) is 6.59. The number of hydrogen-bond donors (Lipinski definition) is 2. The summed E-state index contributed by atoms with van der Waals surface area (Å²) in [6.07, 6.45) is -1.43. The fourth-order valence-electron chi connectivity index (χ4n) is 2.89. The number of rotatable bonds is 6. The largest absolute Gasteiger partial charge is 0.463 e. The van der Waals surface area contributed by atoms with E-state index in [0.29, 0.717) is 11.2 Å². The number of nitrogens with zero attached hydrogens (tertiary/aromatic N) is 4. The topological polar surface area (TPSA) is 152 Å². The molecule has 0 amide bonds. The van der Waals surface area contributed by atoms with E-state index in [9.17, 15) is 14.7 Å². The Bertz CT molecular complexity index is 898. The number of aliphatic hydroxyl groups is 1. The molecule has 1 aliphatic heterocycles. The highest BCUT2D eigenvalue weighted by Crippen LogP contribution is 2.34. The highest BCUT2D eigenvalue weighted by Gasteiger charge is 2.48. The minimum atomic E-state index is -1.24. The first kappa shape index (κ1) is 20.9. The SMILES string of the molecule is CC(C)C(=O)OC[C@H]1O[C@@H](n2cnc3c(N)ncnc32)[C@@H](O)[C@@H]1OC(=O)C(C)C. The van der Waals surface area contributed by atoms with Gasteiger partial charge in [0.15, 0.2) is 23.8 Å². The van der Waals surface area contributed by atoms with Crippen molar-refractivity contribution in [2.75, 3.05) is 12.3 Å². The molecule has 3 heterocycles. The highest BCUT2D eigenvalue weighted by molar-refractivity contribution is 5.81. The van der Waals surface area contributed by atoms with E-state index in [1.807, 2.05) is 0 Å². The van der Waals surface area contributed by atoms with E-state index < -0.39 is 42.4 Å². The monoisotopic (exact) mass is 407 g/mol. The lowest BCUT2D eigenvalue weighted by molar-refractivity contribution is -0.164. The predicted octanol–water partition coefficient (Wildman–Crippen LogP) is 0.434. The molecular weight excluding hydrogens is 382 g/mol. The van der Waals surface area contributed by atoms with Crippen LogP contribution in [0.3, 0.4) is 0 Å². The van der Waals surface area contributed by atoms with Gasteiger partial charge in [-0.3, -0.25) is 14.2 Å². The second-order valence-corrected chi connectivity index (χ2v) is 7.48. The molecule has 0 spiro atoms. The summed E-state index contributed by atoms with van der Waals surface area (Å²) < 4.78 is 18.1. The number of esters is 2. The van der Waals surface area contributed by atoms with Gasteiger partial charge in [0.25, 0.3) is 0 Å². The van der Waals surface area contributed by atoms with Crippen molar-refractivity contribution in [3.8, 4) is 0 Å². The van der Waals surface area contributed by atoms with Crippen LogP contribution in [0.2, 0.25) is 0 Å². The van der Waals surface area contributed by atoms with Gasteiger partial charge >= 0.3 is 11.9 Å². The van der Waals surface area contributed by atoms with E-state index in [1.165, 1.54) is 17.2 Å². The number of carbonyl (C=O) groups is 2. The number of aliphatic hydroxyl groups excluding tert-OH is 1. The minimum Gasteiger partial charge on any atom is -0.463 e. The van der Waals surface area contributed by atoms with Crippen molar-refractivity contribution in [1.29, 1.82) is 0 Å². The normalized spacial score (nSPS) is 24.4. The van der Waals surface area contributed by atoms with E-state index in [0.717, 1.165) is 0 Å². The Labute approximate surface area is 167 Å². The average Bonchev–Trinajstić information content (AvgIpc) is 3.22. The van der Waals surface area contributed by atoms with Gasteiger partial charge in [-0.25, -0.2) is 15.0 Å². The van der Waals surface area contributed by atoms with Gasteiger partial charge < -0.3 is 25.1 Å². The number of anilines is 1. The fourth-order valence-corrected chi connectivity index (χ4v) is 2.89. The molecule has 3 rings (SSSR count). The molecule has 2 aromatic heterocycles. The molecule has 3 N–H and O–H groups in total. The molecule has 1 aliphatic rings. The van der Waals surface area contributed by atoms with Crippen LogP contribution in [0.15, 0.2) is 12.7 Å². The quantitative estimate of drug-likeness (QED) is 0.645. The van der Waals surface area contributed by atoms with Crippen LogP contribution >= 0.6 is 0 Å². The Morgan fingerprint density at radius 2 is 1.90 bits per heavy atom. The summed E-state index contributed by atoms with van der Waals surface area (Å²) in [4.78, 5) is 36.2. The zero-order valence-corrected chi connectivity index (χ0v) is 16.7. The second-order valence-electron chi connectivity index (χ2n) is 7.48. The zero-order chi connectivity index (χ0) is 21.3. The van der Waals surface area contributed by atoms with E-state index in [-0.39, 0.29) is 18.3 Å². The maximum absolute atomic E-state index is 12.1. The molecule has 2 aromatic rings. The van der Waals surface area contributed by atoms with Gasteiger partial charge in [-0.1, -0.05) is 27.7 Å². The van der Waals surface area contributed by atoms with Crippen LogP contribution in [0.25, 0.3) is 11.2 Å². The Balaban J connectivity index is 1.87. The molecule has 29 heavy (non-hydrogen) atoms. The number of imidazole rings is 1. The molecule has 0 unspecified atom stereocenters. The molecular formula is C18H25N5O6. The lowest BCUT2D eigenvalue weighted by atomic mass is 10.1. The molecule has 11 heteroatoms. The van der Waals surface area contributed by atoms with Gasteiger partial charge in [0.2, 0.25) is 0 Å². The van der Waals surface area contributed by atoms with E-state index in [2.05, 4.69) is 15.0 Å². The predicted molar refractivity (Wildman–Crippen MR) is 100 cm³/mol. The molecule has 11 nitrogen and oxygen atoms in total. The van der Waals surface area contributed by atoms with Gasteiger partial charge in [-0.15, -0.1) is 0 Å². The lowest BCUT2D eigenvalue weighted by Crippen LogP contribution is -2.39. The Morgan fingerprint density at radius 1 is 1.21 bits per heavy atom. The van der Waals surface area contributed by atoms with Gasteiger partial charge in [-0.2, -0.15) is 0 Å². The number of carbonyl (C=O) groups excluding carboxylic acids is 2. The fraction of sp³-hybridized carbons (Fsp3) is 0.611. The molecule has 0 saturated carbocycles. The van der Waals surface area contributed by atoms with Gasteiger partial charge in [0.1, 0.15) is 30.7 Å². The third-order valence-corrected chi connectivity index (χ3v) is 4.56. The highest BCUT2D eigenvalue weighted by atomic mass is 16.6. The Morgan fingerprint density at radius 3 is 2.55 bits per heavy atom. The lowest BCUT2D eigenvalue weighted by Gasteiger charge is -2.22. The van der Waals surface area contributed by atoms with Crippen LogP contribution in [0.4, 0.5) is 5.82 Å². The maximum atomic E-state index is 12.1. The first-order valence-electron chi connectivity index (χ1n) is 9.34. The van der Waals surface area contributed by atoms with Crippen LogP contribution in [0, 0.1) is 11.8 Å². The number of nitrogen functional groups attached to an aromatic ring is 1. The Kier molecular flexibility index (Phi) is 5.99. The number of hydrogen-bond acceptors (Lipinski definition) is 10. The van der Waals surface area contributed by atoms with Gasteiger partial charge in [0.05, 0.1) is 18.2 Å². The second kappa shape index (κ2) is 8.29. The molecule has 0 bridgehead atoms. The molecule has 0 aromatic carbocycles. The van der Waals surface area contributed by atoms with Crippen LogP contribution in [0.5, 0.6) is 0 Å². The summed E-state index contributed by atoms with van der Waals surface area (Å²) in [5, 5.41) is 10.9. The number of fused-ring (bicyclic) bond motifs is 1. The molecule has 0 radical (unpaired) electrons. The standard InChI is InChI=1S/C18H25N5O6/c1-8(2)17(25)27-5-10-13(29-18(26)9(3)4)12(24)16(28-10)23-7-22-11-14(19)20-6-21-15(11)23/h6-10,12-13,16,24H,5H2,1-4H3,(H2,19,20,21)/t10-,12+,13-,16-/m1/s1. The number of nitrogens with two attached hydrogens (primary N) is 1. The van der Waals surface area contributed by atoms with Crippen molar-refractivity contribution in [1.82, 2.24) is 19.5 Å². The van der Waals surface area contributed by atoms with Crippen molar-refractivity contribution < 1.29 is 28.9 Å².